The van der Waals surface area contributed by atoms with Gasteiger partial charge in [-0.15, -0.1) is 0 Å². The molecule has 0 heterocycles. The number of carbonyl (C=O) groups excluding carboxylic acids is 1. The van der Waals surface area contributed by atoms with Gasteiger partial charge in [0.25, 0.3) is 5.91 Å². The Balaban J connectivity index is 2.73. The Bertz CT molecular complexity index is 448. The van der Waals surface area contributed by atoms with E-state index in [0.29, 0.717) is 11.3 Å². The minimum Gasteiger partial charge on any atom is -0.349 e. The van der Waals surface area contributed by atoms with Crippen molar-refractivity contribution in [3.05, 3.63) is 33.8 Å². The van der Waals surface area contributed by atoms with Gasteiger partial charge in [0, 0.05) is 33.3 Å². The molecule has 2 unspecified atom stereocenters. The van der Waals surface area contributed by atoms with Gasteiger partial charge in [-0.3, -0.25) is 9.00 Å². The average molecular weight is 318 g/mol. The number of aryl methyl sites for hydroxylation is 1. The van der Waals surface area contributed by atoms with Crippen LogP contribution < -0.4 is 5.32 Å². The maximum atomic E-state index is 11.9. The summed E-state index contributed by atoms with van der Waals surface area (Å²) in [5.74, 6) is 0.324. The highest BCUT2D eigenvalue weighted by Crippen LogP contribution is 2.18. The van der Waals surface area contributed by atoms with Gasteiger partial charge in [-0.2, -0.15) is 0 Å². The molecule has 0 saturated carbocycles. The number of hydrogen-bond acceptors (Lipinski definition) is 2. The van der Waals surface area contributed by atoms with Crippen LogP contribution in [0.1, 0.15) is 22.8 Å². The van der Waals surface area contributed by atoms with Gasteiger partial charge in [0.2, 0.25) is 0 Å². The molecule has 0 spiro atoms. The molecule has 0 fully saturated rings. The molecule has 1 aromatic rings. The highest BCUT2D eigenvalue weighted by atomic mass is 79.9. The van der Waals surface area contributed by atoms with Crippen molar-refractivity contribution in [2.45, 2.75) is 19.9 Å². The van der Waals surface area contributed by atoms with E-state index in [-0.39, 0.29) is 11.9 Å². The molecule has 0 radical (unpaired) electrons. The lowest BCUT2D eigenvalue weighted by Crippen LogP contribution is -2.36. The van der Waals surface area contributed by atoms with Crippen molar-refractivity contribution in [2.75, 3.05) is 12.0 Å². The number of benzene rings is 1. The molecule has 1 N–H and O–H groups in total. The van der Waals surface area contributed by atoms with E-state index in [4.69, 9.17) is 0 Å². The molecule has 0 aliphatic carbocycles. The predicted octanol–water partition coefficient (Wildman–Crippen LogP) is 2.25. The van der Waals surface area contributed by atoms with Crippen LogP contribution in [0, 0.1) is 6.92 Å². The van der Waals surface area contributed by atoms with Gasteiger partial charge < -0.3 is 5.32 Å². The molecule has 0 bridgehead atoms. The minimum atomic E-state index is -0.904. The summed E-state index contributed by atoms with van der Waals surface area (Å²) in [4.78, 5) is 11.9. The summed E-state index contributed by atoms with van der Waals surface area (Å²) < 4.78 is 11.8. The average Bonchev–Trinajstić information content (AvgIpc) is 2.15. The zero-order valence-corrected chi connectivity index (χ0v) is 12.5. The van der Waals surface area contributed by atoms with Crippen molar-refractivity contribution in [1.82, 2.24) is 5.32 Å². The Morgan fingerprint density at radius 1 is 1.53 bits per heavy atom. The van der Waals surface area contributed by atoms with Crippen molar-refractivity contribution >= 4 is 32.6 Å². The minimum absolute atomic E-state index is 0.0958. The Kier molecular flexibility index (Phi) is 5.33. The van der Waals surface area contributed by atoms with Crippen LogP contribution in [0.15, 0.2) is 22.7 Å². The fraction of sp³-hybridized carbons (Fsp3) is 0.417. The molecule has 0 aliphatic rings. The van der Waals surface area contributed by atoms with E-state index in [1.54, 1.807) is 12.3 Å². The second-order valence-electron chi connectivity index (χ2n) is 4.10. The van der Waals surface area contributed by atoms with E-state index in [9.17, 15) is 9.00 Å². The topological polar surface area (TPSA) is 46.2 Å². The fourth-order valence-electron chi connectivity index (χ4n) is 1.50. The van der Waals surface area contributed by atoms with Crippen molar-refractivity contribution in [3.63, 3.8) is 0 Å². The highest BCUT2D eigenvalue weighted by Gasteiger charge is 2.13. The quantitative estimate of drug-likeness (QED) is 0.925. The molecular weight excluding hydrogens is 302 g/mol. The number of halogens is 1. The summed E-state index contributed by atoms with van der Waals surface area (Å²) >= 11 is 3.37. The molecule has 0 aliphatic heterocycles. The summed E-state index contributed by atoms with van der Waals surface area (Å²) in [5.41, 5.74) is 1.69. The van der Waals surface area contributed by atoms with Gasteiger partial charge in [0.05, 0.1) is 5.56 Å². The lowest BCUT2D eigenvalue weighted by Gasteiger charge is -2.13. The first-order chi connectivity index (χ1) is 7.90. The molecule has 94 valence electrons. The molecule has 5 heteroatoms. The van der Waals surface area contributed by atoms with Gasteiger partial charge in [-0.05, 0) is 47.5 Å². The molecule has 2 atom stereocenters. The third-order valence-corrected chi connectivity index (χ3v) is 3.86. The Morgan fingerprint density at radius 3 is 2.71 bits per heavy atom. The molecule has 1 rings (SSSR count). The van der Waals surface area contributed by atoms with Crippen molar-refractivity contribution in [1.29, 1.82) is 0 Å². The van der Waals surface area contributed by atoms with Crippen LogP contribution in [0.5, 0.6) is 0 Å². The molecule has 1 amide bonds. The van der Waals surface area contributed by atoms with Crippen LogP contribution in [0.2, 0.25) is 0 Å². The summed E-state index contributed by atoms with van der Waals surface area (Å²) in [6.07, 6.45) is 1.63. The van der Waals surface area contributed by atoms with E-state index >= 15 is 0 Å². The monoisotopic (exact) mass is 317 g/mol. The summed E-state index contributed by atoms with van der Waals surface area (Å²) in [6.45, 7) is 3.82. The standard InChI is InChI=1S/C12H16BrNO2S/c1-8-4-5-10(11(13)6-8)12(15)14-9(2)7-17(3)16/h4-6,9H,7H2,1-3H3,(H,14,15). The van der Waals surface area contributed by atoms with E-state index in [2.05, 4.69) is 21.2 Å². The maximum Gasteiger partial charge on any atom is 0.252 e. The fourth-order valence-corrected chi connectivity index (χ4v) is 2.96. The van der Waals surface area contributed by atoms with Gasteiger partial charge in [-0.25, -0.2) is 0 Å². The van der Waals surface area contributed by atoms with E-state index < -0.39 is 10.8 Å². The van der Waals surface area contributed by atoms with E-state index in [1.807, 2.05) is 26.0 Å². The van der Waals surface area contributed by atoms with Crippen molar-refractivity contribution in [3.8, 4) is 0 Å². The zero-order valence-electron chi connectivity index (χ0n) is 10.1. The SMILES string of the molecule is Cc1ccc(C(=O)NC(C)CS(C)=O)c(Br)c1. The van der Waals surface area contributed by atoms with Crippen LogP contribution in [0.25, 0.3) is 0 Å². The van der Waals surface area contributed by atoms with E-state index in [1.165, 1.54) is 0 Å². The van der Waals surface area contributed by atoms with Crippen molar-refractivity contribution in [2.24, 2.45) is 0 Å². The summed E-state index contributed by atoms with van der Waals surface area (Å²) in [6, 6.07) is 5.48. The number of amides is 1. The van der Waals surface area contributed by atoms with Gasteiger partial charge in [0.15, 0.2) is 0 Å². The molecule has 3 nitrogen and oxygen atoms in total. The van der Waals surface area contributed by atoms with Crippen LogP contribution in [-0.2, 0) is 10.8 Å². The lowest BCUT2D eigenvalue weighted by atomic mass is 10.1. The third kappa shape index (κ3) is 4.60. The number of hydrogen-bond donors (Lipinski definition) is 1. The Hall–Kier alpha value is -0.680. The largest absolute Gasteiger partial charge is 0.349 e. The highest BCUT2D eigenvalue weighted by molar-refractivity contribution is 9.10. The van der Waals surface area contributed by atoms with E-state index in [0.717, 1.165) is 10.0 Å². The van der Waals surface area contributed by atoms with Crippen LogP contribution >= 0.6 is 15.9 Å². The van der Waals surface area contributed by atoms with Gasteiger partial charge >= 0.3 is 0 Å². The second kappa shape index (κ2) is 6.31. The molecule has 1 aromatic carbocycles. The zero-order chi connectivity index (χ0) is 13.0. The molecule has 0 saturated heterocycles. The molecular formula is C12H16BrNO2S. The third-order valence-electron chi connectivity index (χ3n) is 2.23. The van der Waals surface area contributed by atoms with Crippen LogP contribution in [-0.4, -0.2) is 28.2 Å². The smallest absolute Gasteiger partial charge is 0.252 e. The summed E-state index contributed by atoms with van der Waals surface area (Å²) in [7, 11) is -0.904. The Morgan fingerprint density at radius 2 is 2.18 bits per heavy atom. The van der Waals surface area contributed by atoms with Crippen LogP contribution in [0.4, 0.5) is 0 Å². The second-order valence-corrected chi connectivity index (χ2v) is 6.43. The molecule has 17 heavy (non-hydrogen) atoms. The predicted molar refractivity (Wildman–Crippen MR) is 74.7 cm³/mol. The number of rotatable bonds is 4. The Labute approximate surface area is 113 Å². The first-order valence-electron chi connectivity index (χ1n) is 5.27. The van der Waals surface area contributed by atoms with Crippen LogP contribution in [0.3, 0.4) is 0 Å². The summed E-state index contributed by atoms with van der Waals surface area (Å²) in [5, 5.41) is 2.83. The lowest BCUT2D eigenvalue weighted by molar-refractivity contribution is 0.0943. The molecule has 0 aromatic heterocycles. The first-order valence-corrected chi connectivity index (χ1v) is 7.79. The normalized spacial score (nSPS) is 14.1. The number of nitrogens with one attached hydrogen (secondary N) is 1. The van der Waals surface area contributed by atoms with Crippen molar-refractivity contribution < 1.29 is 9.00 Å². The first kappa shape index (κ1) is 14.4. The van der Waals surface area contributed by atoms with Gasteiger partial charge in [-0.1, -0.05) is 6.07 Å². The van der Waals surface area contributed by atoms with Gasteiger partial charge in [0.1, 0.15) is 0 Å². The maximum absolute atomic E-state index is 11.9. The number of carbonyl (C=O) groups is 1.